The summed E-state index contributed by atoms with van der Waals surface area (Å²) in [5, 5.41) is 6.66. The molecule has 3 fully saturated rings. The van der Waals surface area contributed by atoms with E-state index in [2.05, 4.69) is 43.3 Å². The predicted octanol–water partition coefficient (Wildman–Crippen LogP) is 0.939. The summed E-state index contributed by atoms with van der Waals surface area (Å²) in [6.45, 7) is 5.62. The Morgan fingerprint density at radius 1 is 1.26 bits per heavy atom. The maximum absolute atomic E-state index is 12.8. The van der Waals surface area contributed by atoms with Gasteiger partial charge in [0.2, 0.25) is 0 Å². The number of anilines is 1. The molecule has 0 bridgehead atoms. The molecule has 186 valence electrons. The molecule has 3 saturated heterocycles. The van der Waals surface area contributed by atoms with Crippen LogP contribution in [0.5, 0.6) is 0 Å². The summed E-state index contributed by atoms with van der Waals surface area (Å²) in [5.41, 5.74) is 8.52. The molecular formula is C24H36ClN7O2. The van der Waals surface area contributed by atoms with E-state index in [9.17, 15) is 4.79 Å². The average molecular weight is 490 g/mol. The molecule has 1 aromatic carbocycles. The zero-order valence-electron chi connectivity index (χ0n) is 19.8. The zero-order valence-corrected chi connectivity index (χ0v) is 20.5. The minimum absolute atomic E-state index is 0.0539. The maximum Gasteiger partial charge on any atom is 0.251 e. The van der Waals surface area contributed by atoms with Crippen LogP contribution < -0.4 is 21.5 Å². The van der Waals surface area contributed by atoms with Crippen molar-refractivity contribution in [3.63, 3.8) is 0 Å². The normalized spacial score (nSPS) is 34.2. The lowest BCUT2D eigenvalue weighted by Gasteiger charge is -2.33. The molecule has 34 heavy (non-hydrogen) atoms. The summed E-state index contributed by atoms with van der Waals surface area (Å²) in [6, 6.07) is 7.70. The molecule has 0 spiro atoms. The highest BCUT2D eigenvalue weighted by Crippen LogP contribution is 2.28. The van der Waals surface area contributed by atoms with E-state index in [0.717, 1.165) is 44.7 Å². The number of nitrogens with one attached hydrogen (secondary N) is 4. The van der Waals surface area contributed by atoms with Crippen LogP contribution in [-0.2, 0) is 4.74 Å². The largest absolute Gasteiger partial charge is 0.382 e. The summed E-state index contributed by atoms with van der Waals surface area (Å²) < 4.78 is 6.04. The lowest BCUT2D eigenvalue weighted by Crippen LogP contribution is -2.48. The van der Waals surface area contributed by atoms with Crippen molar-refractivity contribution >= 4 is 29.4 Å². The van der Waals surface area contributed by atoms with E-state index in [4.69, 9.17) is 16.3 Å². The summed E-state index contributed by atoms with van der Waals surface area (Å²) in [7, 11) is 2.09. The second-order valence-corrected chi connectivity index (χ2v) is 10.4. The van der Waals surface area contributed by atoms with Gasteiger partial charge in [-0.1, -0.05) is 6.07 Å². The Morgan fingerprint density at radius 2 is 2.18 bits per heavy atom. The first kappa shape index (κ1) is 24.0. The van der Waals surface area contributed by atoms with Crippen molar-refractivity contribution in [3.8, 4) is 0 Å². The molecule has 4 N–H and O–H groups in total. The van der Waals surface area contributed by atoms with Crippen LogP contribution in [0.1, 0.15) is 23.2 Å². The van der Waals surface area contributed by atoms with Gasteiger partial charge in [0.15, 0.2) is 0 Å². The van der Waals surface area contributed by atoms with Crippen LogP contribution >= 0.6 is 11.6 Å². The Labute approximate surface area is 206 Å². The number of alkyl halides is 1. The van der Waals surface area contributed by atoms with Gasteiger partial charge in [-0.15, -0.1) is 11.6 Å². The first-order valence-electron chi connectivity index (χ1n) is 12.4. The Balaban J connectivity index is 1.14. The summed E-state index contributed by atoms with van der Waals surface area (Å²) in [5.74, 6) is 0.646. The number of aliphatic imine (C=N–C) groups is 1. The summed E-state index contributed by atoms with van der Waals surface area (Å²) >= 11 is 6.50. The van der Waals surface area contributed by atoms with Crippen molar-refractivity contribution in [2.45, 2.75) is 36.7 Å². The molecule has 6 unspecified atom stereocenters. The maximum atomic E-state index is 12.8. The molecule has 0 aromatic heterocycles. The highest BCUT2D eigenvalue weighted by Gasteiger charge is 2.43. The van der Waals surface area contributed by atoms with Gasteiger partial charge in [-0.05, 0) is 50.6 Å². The number of nitrogens with zero attached hydrogens (tertiary/aromatic N) is 3. The van der Waals surface area contributed by atoms with Gasteiger partial charge in [0.05, 0.1) is 30.4 Å². The Bertz CT molecular complexity index is 887. The SMILES string of the molecule is CN1CCC(CNC(=O)c2cccc(NCC3NNC4C5CCN=CC5OCCN34)c2)C(Cl)C1. The molecule has 4 aliphatic heterocycles. The minimum Gasteiger partial charge on any atom is -0.382 e. The third-order valence-electron chi connectivity index (χ3n) is 7.51. The quantitative estimate of drug-likeness (QED) is 0.442. The smallest absolute Gasteiger partial charge is 0.251 e. The zero-order chi connectivity index (χ0) is 23.5. The van der Waals surface area contributed by atoms with Gasteiger partial charge in [0.1, 0.15) is 0 Å². The van der Waals surface area contributed by atoms with Crippen LogP contribution in [0, 0.1) is 11.8 Å². The molecule has 0 radical (unpaired) electrons. The monoisotopic (exact) mass is 489 g/mol. The second-order valence-electron chi connectivity index (χ2n) is 9.83. The van der Waals surface area contributed by atoms with Crippen LogP contribution in [0.2, 0.25) is 0 Å². The number of rotatable bonds is 6. The van der Waals surface area contributed by atoms with Crippen LogP contribution in [0.3, 0.4) is 0 Å². The van der Waals surface area contributed by atoms with Gasteiger partial charge in [-0.3, -0.25) is 14.7 Å². The molecule has 1 amide bonds. The molecule has 6 atom stereocenters. The van der Waals surface area contributed by atoms with Crippen LogP contribution in [0.25, 0.3) is 0 Å². The third-order valence-corrected chi connectivity index (χ3v) is 8.01. The summed E-state index contributed by atoms with van der Waals surface area (Å²) in [4.78, 5) is 21.9. The first-order valence-corrected chi connectivity index (χ1v) is 12.9. The van der Waals surface area contributed by atoms with Gasteiger partial charge in [0.25, 0.3) is 5.91 Å². The molecule has 4 aliphatic rings. The number of fused-ring (bicyclic) bond motifs is 3. The van der Waals surface area contributed by atoms with Crippen molar-refractivity contribution in [3.05, 3.63) is 29.8 Å². The van der Waals surface area contributed by atoms with Crippen molar-refractivity contribution in [1.82, 2.24) is 26.0 Å². The fraction of sp³-hybridized carbons (Fsp3) is 0.667. The first-order chi connectivity index (χ1) is 16.6. The molecule has 10 heteroatoms. The third kappa shape index (κ3) is 5.40. The number of hydrogen-bond acceptors (Lipinski definition) is 8. The van der Waals surface area contributed by atoms with E-state index in [1.807, 2.05) is 30.5 Å². The number of carbonyl (C=O) groups excluding carboxylic acids is 1. The topological polar surface area (TPSA) is 93.3 Å². The number of halogens is 1. The van der Waals surface area contributed by atoms with E-state index >= 15 is 0 Å². The standard InChI is InChI=1S/C24H36ClN7O2/c1-31-8-6-17(20(25)15-31)12-28-24(33)16-3-2-4-18(11-16)27-14-22-29-30-23-19-5-7-26-13-21(19)34-10-9-32(22)23/h2-4,11,13,17,19-23,27,29-30H,5-10,12,14-15H2,1H3,(H,28,33). The Hall–Kier alpha value is -1.75. The van der Waals surface area contributed by atoms with Gasteiger partial charge in [0, 0.05) is 56.1 Å². The van der Waals surface area contributed by atoms with Crippen molar-refractivity contribution in [2.75, 3.05) is 58.2 Å². The number of hydrazine groups is 1. The van der Waals surface area contributed by atoms with Crippen molar-refractivity contribution < 1.29 is 9.53 Å². The van der Waals surface area contributed by atoms with E-state index < -0.39 is 0 Å². The lowest BCUT2D eigenvalue weighted by molar-refractivity contribution is 0.0651. The Morgan fingerprint density at radius 3 is 3.06 bits per heavy atom. The number of ether oxygens (including phenoxy) is 1. The number of likely N-dealkylation sites (tertiary alicyclic amines) is 1. The molecule has 0 saturated carbocycles. The fourth-order valence-electron chi connectivity index (χ4n) is 5.48. The highest BCUT2D eigenvalue weighted by atomic mass is 35.5. The van der Waals surface area contributed by atoms with Gasteiger partial charge < -0.3 is 20.3 Å². The fourth-order valence-corrected chi connectivity index (χ4v) is 5.93. The number of piperidine rings is 1. The molecule has 9 nitrogen and oxygen atoms in total. The van der Waals surface area contributed by atoms with Crippen molar-refractivity contribution in [2.24, 2.45) is 16.8 Å². The van der Waals surface area contributed by atoms with E-state index in [0.29, 0.717) is 37.1 Å². The highest BCUT2D eigenvalue weighted by molar-refractivity contribution is 6.21. The molecular weight excluding hydrogens is 454 g/mol. The number of hydrogen-bond donors (Lipinski definition) is 4. The lowest BCUT2D eigenvalue weighted by atomic mass is 9.93. The van der Waals surface area contributed by atoms with Crippen LogP contribution in [-0.4, -0.2) is 98.7 Å². The van der Waals surface area contributed by atoms with Gasteiger partial charge in [-0.25, -0.2) is 10.9 Å². The van der Waals surface area contributed by atoms with Gasteiger partial charge in [-0.2, -0.15) is 0 Å². The van der Waals surface area contributed by atoms with Crippen LogP contribution in [0.4, 0.5) is 5.69 Å². The molecule has 4 heterocycles. The van der Waals surface area contributed by atoms with Gasteiger partial charge >= 0.3 is 0 Å². The second kappa shape index (κ2) is 10.9. The minimum atomic E-state index is -0.0539. The number of amides is 1. The van der Waals surface area contributed by atoms with Crippen LogP contribution in [0.15, 0.2) is 29.3 Å². The Kier molecular flexibility index (Phi) is 7.67. The molecule has 0 aliphatic carbocycles. The number of benzene rings is 1. The number of carbonyl (C=O) groups is 1. The molecule has 1 aromatic rings. The molecule has 5 rings (SSSR count). The summed E-state index contributed by atoms with van der Waals surface area (Å²) in [6.07, 6.45) is 4.45. The van der Waals surface area contributed by atoms with E-state index in [-0.39, 0.29) is 29.7 Å². The average Bonchev–Trinajstić information content (AvgIpc) is 3.15. The van der Waals surface area contributed by atoms with E-state index in [1.54, 1.807) is 0 Å². The predicted molar refractivity (Wildman–Crippen MR) is 134 cm³/mol. The van der Waals surface area contributed by atoms with E-state index in [1.165, 1.54) is 0 Å². The van der Waals surface area contributed by atoms with Crippen molar-refractivity contribution in [1.29, 1.82) is 0 Å².